The lowest BCUT2D eigenvalue weighted by Gasteiger charge is -2.32. The van der Waals surface area contributed by atoms with Gasteiger partial charge in [-0.1, -0.05) is 12.5 Å². The molecule has 0 aliphatic carbocycles. The zero-order chi connectivity index (χ0) is 18.7. The van der Waals surface area contributed by atoms with Crippen LogP contribution in [0.3, 0.4) is 0 Å². The minimum Gasteiger partial charge on any atom is -0.480 e. The Kier molecular flexibility index (Phi) is 5.32. The summed E-state index contributed by atoms with van der Waals surface area (Å²) in [6.45, 7) is 4.42. The van der Waals surface area contributed by atoms with Gasteiger partial charge in [0.2, 0.25) is 5.91 Å². The molecule has 138 valence electrons. The molecule has 1 aliphatic rings. The number of carbonyl (C=O) groups excluding carboxylic acids is 1. The summed E-state index contributed by atoms with van der Waals surface area (Å²) in [6, 6.07) is 5.07. The third kappa shape index (κ3) is 4.08. The van der Waals surface area contributed by atoms with Gasteiger partial charge >= 0.3 is 5.97 Å². The van der Waals surface area contributed by atoms with Gasteiger partial charge in [-0.15, -0.1) is 0 Å². The van der Waals surface area contributed by atoms with Gasteiger partial charge in [-0.3, -0.25) is 19.6 Å². The van der Waals surface area contributed by atoms with Crippen molar-refractivity contribution in [2.75, 3.05) is 18.4 Å². The maximum Gasteiger partial charge on any atom is 0.320 e. The first-order valence-electron chi connectivity index (χ1n) is 8.71. The Bertz CT molecular complexity index is 817. The quantitative estimate of drug-likeness (QED) is 0.754. The molecule has 3 rings (SSSR count). The van der Waals surface area contributed by atoms with Gasteiger partial charge in [0.05, 0.1) is 12.2 Å². The van der Waals surface area contributed by atoms with Crippen molar-refractivity contribution in [2.24, 2.45) is 0 Å². The van der Waals surface area contributed by atoms with Crippen LogP contribution in [0.2, 0.25) is 0 Å². The largest absolute Gasteiger partial charge is 0.480 e. The molecule has 1 aliphatic heterocycles. The van der Waals surface area contributed by atoms with E-state index in [1.807, 2.05) is 32.0 Å². The fourth-order valence-corrected chi connectivity index (χ4v) is 3.25. The number of likely N-dealkylation sites (tertiary alicyclic amines) is 1. The number of rotatable bonds is 5. The Balaban J connectivity index is 1.76. The number of H-pyrrole nitrogens is 1. The van der Waals surface area contributed by atoms with Gasteiger partial charge in [0.15, 0.2) is 5.82 Å². The summed E-state index contributed by atoms with van der Waals surface area (Å²) in [5.41, 5.74) is 2.34. The number of carboxylic acid groups (broad SMARTS) is 1. The Morgan fingerprint density at radius 2 is 2.15 bits per heavy atom. The zero-order valence-corrected chi connectivity index (χ0v) is 15.0. The Morgan fingerprint density at radius 1 is 1.35 bits per heavy atom. The summed E-state index contributed by atoms with van der Waals surface area (Å²) in [6.07, 6.45) is 2.36. The van der Waals surface area contributed by atoms with E-state index in [-0.39, 0.29) is 12.5 Å². The van der Waals surface area contributed by atoms with Crippen LogP contribution in [0.5, 0.6) is 0 Å². The third-order valence-electron chi connectivity index (χ3n) is 4.53. The number of aryl methyl sites for hydroxylation is 2. The maximum atomic E-state index is 12.6. The van der Waals surface area contributed by atoms with Crippen molar-refractivity contribution < 1.29 is 14.7 Å². The van der Waals surface area contributed by atoms with E-state index in [0.717, 1.165) is 24.0 Å². The van der Waals surface area contributed by atoms with Crippen LogP contribution in [0.25, 0.3) is 11.4 Å². The highest BCUT2D eigenvalue weighted by Gasteiger charge is 2.29. The standard InChI is InChI=1S/C18H23N5O3/c1-11-6-7-13(17-19-12(2)21-22-17)14(9-11)20-16(24)10-23-8-4-3-5-15(23)18(25)26/h6-7,9,15H,3-5,8,10H2,1-2H3,(H,20,24)(H,25,26)(H,19,21,22). The third-order valence-corrected chi connectivity index (χ3v) is 4.53. The number of nitrogens with one attached hydrogen (secondary N) is 2. The van der Waals surface area contributed by atoms with Gasteiger partial charge in [-0.05, 0) is 50.9 Å². The highest BCUT2D eigenvalue weighted by atomic mass is 16.4. The number of aliphatic carboxylic acids is 1. The molecule has 2 heterocycles. The predicted molar refractivity (Wildman–Crippen MR) is 96.8 cm³/mol. The SMILES string of the molecule is Cc1ccc(-c2n[nH]c(C)n2)c(NC(=O)CN2CCCCC2C(=O)O)c1. The second-order valence-electron chi connectivity index (χ2n) is 6.66. The van der Waals surface area contributed by atoms with Crippen LogP contribution in [0.4, 0.5) is 5.69 Å². The molecule has 0 bridgehead atoms. The molecule has 0 spiro atoms. The number of carboxylic acids is 1. The average molecular weight is 357 g/mol. The normalized spacial score (nSPS) is 17.8. The first kappa shape index (κ1) is 18.1. The molecule has 26 heavy (non-hydrogen) atoms. The number of aromatic amines is 1. The summed E-state index contributed by atoms with van der Waals surface area (Å²) in [5, 5.41) is 19.2. The smallest absolute Gasteiger partial charge is 0.320 e. The molecule has 0 radical (unpaired) electrons. The molecule has 1 fully saturated rings. The lowest BCUT2D eigenvalue weighted by atomic mass is 10.0. The number of amides is 1. The highest BCUT2D eigenvalue weighted by molar-refractivity contribution is 5.96. The van der Waals surface area contributed by atoms with E-state index < -0.39 is 12.0 Å². The summed E-state index contributed by atoms with van der Waals surface area (Å²) in [7, 11) is 0. The highest BCUT2D eigenvalue weighted by Crippen LogP contribution is 2.26. The molecule has 1 saturated heterocycles. The minimum absolute atomic E-state index is 0.0529. The molecule has 2 aromatic rings. The predicted octanol–water partition coefficient (Wildman–Crippen LogP) is 1.97. The zero-order valence-electron chi connectivity index (χ0n) is 15.0. The summed E-state index contributed by atoms with van der Waals surface area (Å²) in [5.74, 6) is 0.0943. The molecular weight excluding hydrogens is 334 g/mol. The van der Waals surface area contributed by atoms with E-state index in [2.05, 4.69) is 20.5 Å². The summed E-state index contributed by atoms with van der Waals surface area (Å²) < 4.78 is 0. The number of hydrogen-bond acceptors (Lipinski definition) is 5. The van der Waals surface area contributed by atoms with Crippen LogP contribution in [-0.2, 0) is 9.59 Å². The fourth-order valence-electron chi connectivity index (χ4n) is 3.25. The van der Waals surface area contributed by atoms with E-state index in [1.165, 1.54) is 0 Å². The van der Waals surface area contributed by atoms with Crippen molar-refractivity contribution in [2.45, 2.75) is 39.2 Å². The number of hydrogen-bond donors (Lipinski definition) is 3. The number of piperidine rings is 1. The number of carbonyl (C=O) groups is 2. The molecule has 1 atom stereocenters. The number of benzene rings is 1. The average Bonchev–Trinajstić information content (AvgIpc) is 3.01. The number of aromatic nitrogens is 3. The lowest BCUT2D eigenvalue weighted by molar-refractivity contribution is -0.145. The van der Waals surface area contributed by atoms with Crippen LogP contribution in [-0.4, -0.2) is 56.2 Å². The second-order valence-corrected chi connectivity index (χ2v) is 6.66. The lowest BCUT2D eigenvalue weighted by Crippen LogP contribution is -2.47. The van der Waals surface area contributed by atoms with E-state index in [9.17, 15) is 14.7 Å². The van der Waals surface area contributed by atoms with Crippen molar-refractivity contribution in [3.05, 3.63) is 29.6 Å². The maximum absolute atomic E-state index is 12.6. The second kappa shape index (κ2) is 7.65. The van der Waals surface area contributed by atoms with Crippen LogP contribution >= 0.6 is 0 Å². The van der Waals surface area contributed by atoms with Gasteiger partial charge in [-0.25, -0.2) is 4.98 Å². The number of nitrogens with zero attached hydrogens (tertiary/aromatic N) is 3. The van der Waals surface area contributed by atoms with Crippen molar-refractivity contribution in [1.29, 1.82) is 0 Å². The van der Waals surface area contributed by atoms with Crippen molar-refractivity contribution in [3.63, 3.8) is 0 Å². The van der Waals surface area contributed by atoms with Gasteiger partial charge in [0.1, 0.15) is 11.9 Å². The van der Waals surface area contributed by atoms with Crippen molar-refractivity contribution >= 4 is 17.6 Å². The van der Waals surface area contributed by atoms with Crippen LogP contribution in [0, 0.1) is 13.8 Å². The molecular formula is C18H23N5O3. The van der Waals surface area contributed by atoms with Crippen molar-refractivity contribution in [1.82, 2.24) is 20.1 Å². The number of anilines is 1. The van der Waals surface area contributed by atoms with Crippen LogP contribution < -0.4 is 5.32 Å². The van der Waals surface area contributed by atoms with E-state index in [1.54, 1.807) is 4.90 Å². The monoisotopic (exact) mass is 357 g/mol. The molecule has 1 unspecified atom stereocenters. The molecule has 1 aromatic carbocycles. The van der Waals surface area contributed by atoms with Crippen LogP contribution in [0.1, 0.15) is 30.7 Å². The first-order valence-corrected chi connectivity index (χ1v) is 8.71. The van der Waals surface area contributed by atoms with Gasteiger partial charge < -0.3 is 10.4 Å². The molecule has 1 aromatic heterocycles. The summed E-state index contributed by atoms with van der Waals surface area (Å²) in [4.78, 5) is 30.0. The topological polar surface area (TPSA) is 111 Å². The Morgan fingerprint density at radius 3 is 2.85 bits per heavy atom. The molecule has 0 saturated carbocycles. The molecule has 8 heteroatoms. The first-order chi connectivity index (χ1) is 12.4. The molecule has 1 amide bonds. The minimum atomic E-state index is -0.870. The Labute approximate surface area is 151 Å². The van der Waals surface area contributed by atoms with Crippen molar-refractivity contribution in [3.8, 4) is 11.4 Å². The van der Waals surface area contributed by atoms with E-state index >= 15 is 0 Å². The van der Waals surface area contributed by atoms with Gasteiger partial charge in [0, 0.05) is 5.56 Å². The van der Waals surface area contributed by atoms with Gasteiger partial charge in [0.25, 0.3) is 0 Å². The molecule has 8 nitrogen and oxygen atoms in total. The Hall–Kier alpha value is -2.74. The van der Waals surface area contributed by atoms with E-state index in [4.69, 9.17) is 0 Å². The van der Waals surface area contributed by atoms with Gasteiger partial charge in [-0.2, -0.15) is 5.10 Å². The summed E-state index contributed by atoms with van der Waals surface area (Å²) >= 11 is 0. The van der Waals surface area contributed by atoms with E-state index in [0.29, 0.717) is 30.3 Å². The fraction of sp³-hybridized carbons (Fsp3) is 0.444. The molecule has 3 N–H and O–H groups in total. The van der Waals surface area contributed by atoms with Crippen LogP contribution in [0.15, 0.2) is 18.2 Å².